The Labute approximate surface area is 169 Å². The Morgan fingerprint density at radius 1 is 1.10 bits per heavy atom. The Hall–Kier alpha value is -3.48. The van der Waals surface area contributed by atoms with E-state index < -0.39 is 18.5 Å². The van der Waals surface area contributed by atoms with Crippen LogP contribution in [0.3, 0.4) is 0 Å². The molecule has 2 aromatic carbocycles. The molecule has 1 N–H and O–H groups in total. The SMILES string of the molecule is CCc1ccccc1NC(=O)CN(C)C(=O)COC(=O)/C=C/c1ccc(F)cc1. The van der Waals surface area contributed by atoms with E-state index in [-0.39, 0.29) is 18.3 Å². The number of aryl methyl sites for hydroxylation is 1. The second-order valence-corrected chi connectivity index (χ2v) is 6.30. The third-order valence-electron chi connectivity index (χ3n) is 4.10. The van der Waals surface area contributed by atoms with Gasteiger partial charge < -0.3 is 15.0 Å². The lowest BCUT2D eigenvalue weighted by atomic mass is 10.1. The summed E-state index contributed by atoms with van der Waals surface area (Å²) in [5, 5.41) is 2.78. The van der Waals surface area contributed by atoms with Gasteiger partial charge in [0.2, 0.25) is 5.91 Å². The van der Waals surface area contributed by atoms with Crippen LogP contribution in [-0.4, -0.2) is 42.9 Å². The summed E-state index contributed by atoms with van der Waals surface area (Å²) in [6.07, 6.45) is 3.37. The first-order chi connectivity index (χ1) is 13.9. The quantitative estimate of drug-likeness (QED) is 0.548. The number of nitrogens with zero attached hydrogens (tertiary/aromatic N) is 1. The molecular weight excluding hydrogens is 375 g/mol. The van der Waals surface area contributed by atoms with Gasteiger partial charge in [-0.2, -0.15) is 0 Å². The van der Waals surface area contributed by atoms with Crippen LogP contribution >= 0.6 is 0 Å². The van der Waals surface area contributed by atoms with E-state index in [1.165, 1.54) is 42.3 Å². The largest absolute Gasteiger partial charge is 0.452 e. The molecule has 0 spiro atoms. The number of halogens is 1. The Balaban J connectivity index is 1.78. The van der Waals surface area contributed by atoms with Gasteiger partial charge in [0.05, 0.1) is 6.54 Å². The fourth-order valence-electron chi connectivity index (χ4n) is 2.47. The predicted octanol–water partition coefficient (Wildman–Crippen LogP) is 3.04. The first-order valence-corrected chi connectivity index (χ1v) is 9.11. The molecule has 2 rings (SSSR count). The predicted molar refractivity (Wildman–Crippen MR) is 108 cm³/mol. The number of ether oxygens (including phenoxy) is 1. The lowest BCUT2D eigenvalue weighted by molar-refractivity contribution is -0.148. The van der Waals surface area contributed by atoms with Crippen LogP contribution in [0.5, 0.6) is 0 Å². The first kappa shape index (κ1) is 21.8. The molecular formula is C22H23FN2O4. The van der Waals surface area contributed by atoms with Crippen molar-refractivity contribution in [2.45, 2.75) is 13.3 Å². The summed E-state index contributed by atoms with van der Waals surface area (Å²) in [7, 11) is 1.45. The molecule has 2 amide bonds. The average Bonchev–Trinajstić information content (AvgIpc) is 2.71. The Bertz CT molecular complexity index is 894. The van der Waals surface area contributed by atoms with E-state index >= 15 is 0 Å². The number of hydrogen-bond acceptors (Lipinski definition) is 4. The molecule has 0 aliphatic carbocycles. The van der Waals surface area contributed by atoms with Crippen molar-refractivity contribution in [3.8, 4) is 0 Å². The van der Waals surface area contributed by atoms with Crippen molar-refractivity contribution >= 4 is 29.5 Å². The minimum atomic E-state index is -0.711. The van der Waals surface area contributed by atoms with Gasteiger partial charge in [-0.3, -0.25) is 9.59 Å². The van der Waals surface area contributed by atoms with Gasteiger partial charge in [-0.05, 0) is 41.8 Å². The summed E-state index contributed by atoms with van der Waals surface area (Å²) in [5.41, 5.74) is 2.32. The van der Waals surface area contributed by atoms with E-state index in [0.29, 0.717) is 11.3 Å². The third kappa shape index (κ3) is 7.21. The number of carbonyl (C=O) groups is 3. The van der Waals surface area contributed by atoms with E-state index in [9.17, 15) is 18.8 Å². The molecule has 0 fully saturated rings. The molecule has 0 atom stereocenters. The zero-order valence-corrected chi connectivity index (χ0v) is 16.4. The highest BCUT2D eigenvalue weighted by Gasteiger charge is 2.15. The maximum absolute atomic E-state index is 12.8. The molecule has 152 valence electrons. The normalized spacial score (nSPS) is 10.6. The molecule has 0 unspecified atom stereocenters. The van der Waals surface area contributed by atoms with Crippen molar-refractivity contribution in [2.24, 2.45) is 0 Å². The molecule has 6 nitrogen and oxygen atoms in total. The van der Waals surface area contributed by atoms with Crippen LogP contribution in [0.1, 0.15) is 18.1 Å². The Morgan fingerprint density at radius 3 is 2.48 bits per heavy atom. The summed E-state index contributed by atoms with van der Waals surface area (Å²) in [6, 6.07) is 13.0. The zero-order valence-electron chi connectivity index (χ0n) is 16.4. The highest BCUT2D eigenvalue weighted by Crippen LogP contribution is 2.15. The number of anilines is 1. The second-order valence-electron chi connectivity index (χ2n) is 6.30. The van der Waals surface area contributed by atoms with Crippen LogP contribution in [0.4, 0.5) is 10.1 Å². The highest BCUT2D eigenvalue weighted by atomic mass is 19.1. The molecule has 2 aromatic rings. The lowest BCUT2D eigenvalue weighted by Gasteiger charge is -2.17. The van der Waals surface area contributed by atoms with Crippen molar-refractivity contribution < 1.29 is 23.5 Å². The number of hydrogen-bond donors (Lipinski definition) is 1. The van der Waals surface area contributed by atoms with Crippen LogP contribution in [0.25, 0.3) is 6.08 Å². The number of likely N-dealkylation sites (N-methyl/N-ethyl adjacent to an activating group) is 1. The molecule has 0 saturated carbocycles. The standard InChI is InChI=1S/C22H23FN2O4/c1-3-17-6-4-5-7-19(17)24-20(26)14-25(2)21(27)15-29-22(28)13-10-16-8-11-18(23)12-9-16/h4-13H,3,14-15H2,1-2H3,(H,24,26)/b13-10+. The molecule has 7 heteroatoms. The summed E-state index contributed by atoms with van der Waals surface area (Å²) >= 11 is 0. The van der Waals surface area contributed by atoms with Crippen molar-refractivity contribution in [3.05, 3.63) is 71.6 Å². The topological polar surface area (TPSA) is 75.7 Å². The van der Waals surface area contributed by atoms with Gasteiger partial charge in [0.25, 0.3) is 5.91 Å². The van der Waals surface area contributed by atoms with Crippen molar-refractivity contribution in [2.75, 3.05) is 25.5 Å². The van der Waals surface area contributed by atoms with Crippen LogP contribution in [0.2, 0.25) is 0 Å². The van der Waals surface area contributed by atoms with Crippen LogP contribution in [0.15, 0.2) is 54.6 Å². The molecule has 0 heterocycles. The maximum Gasteiger partial charge on any atom is 0.331 e. The molecule has 0 bridgehead atoms. The van der Waals surface area contributed by atoms with Crippen LogP contribution in [-0.2, 0) is 25.5 Å². The number of para-hydroxylation sites is 1. The summed E-state index contributed by atoms with van der Waals surface area (Å²) in [6.45, 7) is 1.33. The second kappa shape index (κ2) is 10.8. The molecule has 29 heavy (non-hydrogen) atoms. The number of benzene rings is 2. The van der Waals surface area contributed by atoms with Crippen LogP contribution < -0.4 is 5.32 Å². The first-order valence-electron chi connectivity index (χ1n) is 9.11. The molecule has 0 aliphatic rings. The number of amides is 2. The summed E-state index contributed by atoms with van der Waals surface area (Å²) in [4.78, 5) is 37.1. The van der Waals surface area contributed by atoms with E-state index in [0.717, 1.165) is 18.1 Å². The van der Waals surface area contributed by atoms with Gasteiger partial charge >= 0.3 is 5.97 Å². The Kier molecular flexibility index (Phi) is 8.09. The van der Waals surface area contributed by atoms with Crippen LogP contribution in [0, 0.1) is 5.82 Å². The molecule has 0 aromatic heterocycles. The third-order valence-corrected chi connectivity index (χ3v) is 4.10. The van der Waals surface area contributed by atoms with E-state index in [4.69, 9.17) is 4.74 Å². The van der Waals surface area contributed by atoms with Crippen molar-refractivity contribution in [3.63, 3.8) is 0 Å². The average molecular weight is 398 g/mol. The lowest BCUT2D eigenvalue weighted by Crippen LogP contribution is -2.37. The summed E-state index contributed by atoms with van der Waals surface area (Å²) < 4.78 is 17.7. The van der Waals surface area contributed by atoms with Gasteiger partial charge in [-0.15, -0.1) is 0 Å². The highest BCUT2D eigenvalue weighted by molar-refractivity contribution is 5.95. The van der Waals surface area contributed by atoms with E-state index in [2.05, 4.69) is 5.32 Å². The Morgan fingerprint density at radius 2 is 1.79 bits per heavy atom. The monoisotopic (exact) mass is 398 g/mol. The molecule has 0 saturated heterocycles. The van der Waals surface area contributed by atoms with E-state index in [1.807, 2.05) is 25.1 Å². The van der Waals surface area contributed by atoms with Gasteiger partial charge in [-0.1, -0.05) is 37.3 Å². The molecule has 0 aliphatic heterocycles. The summed E-state index contributed by atoms with van der Waals surface area (Å²) in [5.74, 6) is -1.94. The van der Waals surface area contributed by atoms with Gasteiger partial charge in [0, 0.05) is 18.8 Å². The number of nitrogens with one attached hydrogen (secondary N) is 1. The molecule has 0 radical (unpaired) electrons. The van der Waals surface area contributed by atoms with E-state index in [1.54, 1.807) is 6.07 Å². The maximum atomic E-state index is 12.8. The fraction of sp³-hybridized carbons (Fsp3) is 0.227. The van der Waals surface area contributed by atoms with Gasteiger partial charge in [0.1, 0.15) is 5.82 Å². The van der Waals surface area contributed by atoms with Gasteiger partial charge in [-0.25, -0.2) is 9.18 Å². The van der Waals surface area contributed by atoms with Gasteiger partial charge in [0.15, 0.2) is 6.61 Å². The minimum Gasteiger partial charge on any atom is -0.452 e. The minimum absolute atomic E-state index is 0.167. The number of esters is 1. The zero-order chi connectivity index (χ0) is 21.2. The smallest absolute Gasteiger partial charge is 0.331 e. The fourth-order valence-corrected chi connectivity index (χ4v) is 2.47. The van der Waals surface area contributed by atoms with Crippen molar-refractivity contribution in [1.82, 2.24) is 4.90 Å². The number of carbonyl (C=O) groups excluding carboxylic acids is 3. The van der Waals surface area contributed by atoms with Crippen molar-refractivity contribution in [1.29, 1.82) is 0 Å². The number of rotatable bonds is 8.